The molecule has 0 aliphatic heterocycles. The van der Waals surface area contributed by atoms with Crippen molar-refractivity contribution in [1.29, 1.82) is 0 Å². The summed E-state index contributed by atoms with van der Waals surface area (Å²) in [7, 11) is -0.725. The molecule has 148 valence electrons. The Hall–Kier alpha value is -1.34. The van der Waals surface area contributed by atoms with Gasteiger partial charge in [-0.15, -0.1) is 0 Å². The van der Waals surface area contributed by atoms with Crippen LogP contribution < -0.4 is 10.6 Å². The minimum atomic E-state index is -4.29. The molecule has 0 heterocycles. The molecule has 0 spiro atoms. The van der Waals surface area contributed by atoms with Gasteiger partial charge >= 0.3 is 6.18 Å². The van der Waals surface area contributed by atoms with Crippen LogP contribution in [-0.4, -0.2) is 6.66 Å². The molecule has 0 nitrogen and oxygen atoms in total. The quantitative estimate of drug-likeness (QED) is 0.473. The molecule has 0 aliphatic rings. The normalized spacial score (nSPS) is 13.7. The van der Waals surface area contributed by atoms with Gasteiger partial charge in [-0.25, -0.2) is 0 Å². The van der Waals surface area contributed by atoms with Gasteiger partial charge in [0.15, 0.2) is 0 Å². The number of alkyl halides is 3. The van der Waals surface area contributed by atoms with Crippen molar-refractivity contribution < 1.29 is 13.2 Å². The van der Waals surface area contributed by atoms with Crippen LogP contribution in [0.25, 0.3) is 0 Å². The van der Waals surface area contributed by atoms with Crippen LogP contribution in [0.5, 0.6) is 0 Å². The Bertz CT molecular complexity index is 742. The molecular formula is C23H30F3P. The van der Waals surface area contributed by atoms with Crippen LogP contribution >= 0.6 is 7.92 Å². The third-order valence-electron chi connectivity index (χ3n) is 5.02. The molecule has 2 aromatic rings. The molecule has 2 rings (SSSR count). The van der Waals surface area contributed by atoms with E-state index in [2.05, 4.69) is 60.3 Å². The summed E-state index contributed by atoms with van der Waals surface area (Å²) < 4.78 is 38.7. The summed E-state index contributed by atoms with van der Waals surface area (Å²) in [5.41, 5.74) is 3.41. The average Bonchev–Trinajstić information content (AvgIpc) is 2.59. The van der Waals surface area contributed by atoms with Crippen molar-refractivity contribution in [1.82, 2.24) is 0 Å². The fourth-order valence-electron chi connectivity index (χ4n) is 3.31. The highest BCUT2D eigenvalue weighted by Crippen LogP contribution is 2.39. The molecule has 0 aliphatic carbocycles. The Labute approximate surface area is 162 Å². The minimum absolute atomic E-state index is 0.371. The highest BCUT2D eigenvalue weighted by molar-refractivity contribution is 7.72. The number of hydrogen-bond acceptors (Lipinski definition) is 0. The zero-order valence-corrected chi connectivity index (χ0v) is 18.2. The lowest BCUT2D eigenvalue weighted by molar-refractivity contribution is -0.137. The monoisotopic (exact) mass is 394 g/mol. The maximum Gasteiger partial charge on any atom is 0.416 e. The van der Waals surface area contributed by atoms with Gasteiger partial charge in [0.1, 0.15) is 0 Å². The van der Waals surface area contributed by atoms with Gasteiger partial charge in [-0.3, -0.25) is 0 Å². The first-order chi connectivity index (χ1) is 12.4. The summed E-state index contributed by atoms with van der Waals surface area (Å²) in [6, 6.07) is 10.3. The van der Waals surface area contributed by atoms with E-state index in [0.29, 0.717) is 17.8 Å². The molecule has 0 amide bonds. The van der Waals surface area contributed by atoms with Gasteiger partial charge in [0, 0.05) is 0 Å². The highest BCUT2D eigenvalue weighted by Gasteiger charge is 2.30. The minimum Gasteiger partial charge on any atom is -0.166 e. The standard InChI is InChI=1S/C23H30F3P/c1-14(2)17-12-20(15(3)4)22(21(13-17)16(5)6)27(7)19-10-8-18(9-11-19)23(24,25)26/h8-16H,1-7H3. The predicted molar refractivity (Wildman–Crippen MR) is 112 cm³/mol. The third kappa shape index (κ3) is 4.93. The topological polar surface area (TPSA) is 0 Å². The Balaban J connectivity index is 2.61. The first-order valence-electron chi connectivity index (χ1n) is 9.52. The molecule has 0 aromatic heterocycles. The second-order valence-electron chi connectivity index (χ2n) is 8.12. The average molecular weight is 394 g/mol. The lowest BCUT2D eigenvalue weighted by atomic mass is 9.89. The van der Waals surface area contributed by atoms with Gasteiger partial charge in [-0.05, 0) is 71.8 Å². The zero-order valence-electron chi connectivity index (χ0n) is 17.3. The Morgan fingerprint density at radius 1 is 0.741 bits per heavy atom. The van der Waals surface area contributed by atoms with E-state index in [4.69, 9.17) is 0 Å². The first-order valence-corrected chi connectivity index (χ1v) is 11.3. The summed E-state index contributed by atoms with van der Waals surface area (Å²) in [6.45, 7) is 15.4. The van der Waals surface area contributed by atoms with Crippen molar-refractivity contribution in [3.63, 3.8) is 0 Å². The number of halogens is 3. The van der Waals surface area contributed by atoms with E-state index in [1.165, 1.54) is 34.1 Å². The van der Waals surface area contributed by atoms with E-state index >= 15 is 0 Å². The van der Waals surface area contributed by atoms with E-state index in [-0.39, 0.29) is 0 Å². The summed E-state index contributed by atoms with van der Waals surface area (Å²) in [5, 5.41) is 2.32. The maximum absolute atomic E-state index is 12.9. The van der Waals surface area contributed by atoms with E-state index in [9.17, 15) is 13.2 Å². The fraction of sp³-hybridized carbons (Fsp3) is 0.478. The predicted octanol–water partition coefficient (Wildman–Crippen LogP) is 7.14. The van der Waals surface area contributed by atoms with Gasteiger partial charge in [0.2, 0.25) is 0 Å². The van der Waals surface area contributed by atoms with Crippen molar-refractivity contribution >= 4 is 18.5 Å². The van der Waals surface area contributed by atoms with E-state index in [0.717, 1.165) is 5.30 Å². The van der Waals surface area contributed by atoms with Crippen LogP contribution in [0.15, 0.2) is 36.4 Å². The van der Waals surface area contributed by atoms with Gasteiger partial charge in [0.05, 0.1) is 5.56 Å². The summed E-state index contributed by atoms with van der Waals surface area (Å²) >= 11 is 0. The first kappa shape index (κ1) is 22.0. The van der Waals surface area contributed by atoms with Crippen molar-refractivity contribution in [3.8, 4) is 0 Å². The van der Waals surface area contributed by atoms with Crippen LogP contribution in [0.3, 0.4) is 0 Å². The Morgan fingerprint density at radius 3 is 1.52 bits per heavy atom. The summed E-state index contributed by atoms with van der Waals surface area (Å²) in [5.74, 6) is 1.19. The van der Waals surface area contributed by atoms with Gasteiger partial charge < -0.3 is 0 Å². The van der Waals surface area contributed by atoms with Crippen molar-refractivity contribution in [2.75, 3.05) is 6.66 Å². The molecule has 1 unspecified atom stereocenters. The Kier molecular flexibility index (Phi) is 6.79. The molecule has 0 fully saturated rings. The smallest absolute Gasteiger partial charge is 0.166 e. The molecule has 27 heavy (non-hydrogen) atoms. The van der Waals surface area contributed by atoms with Crippen molar-refractivity contribution in [3.05, 3.63) is 58.7 Å². The van der Waals surface area contributed by atoms with E-state index in [1.807, 2.05) is 0 Å². The van der Waals surface area contributed by atoms with Gasteiger partial charge in [-0.2, -0.15) is 13.2 Å². The molecule has 0 bridgehead atoms. The highest BCUT2D eigenvalue weighted by atomic mass is 31.1. The summed E-state index contributed by atoms with van der Waals surface area (Å²) in [4.78, 5) is 0. The van der Waals surface area contributed by atoms with Crippen LogP contribution in [0.4, 0.5) is 13.2 Å². The maximum atomic E-state index is 12.9. The number of rotatable bonds is 5. The van der Waals surface area contributed by atoms with Gasteiger partial charge in [-0.1, -0.05) is 65.8 Å². The van der Waals surface area contributed by atoms with E-state index in [1.54, 1.807) is 12.1 Å². The lowest BCUT2D eigenvalue weighted by Gasteiger charge is -2.27. The molecule has 0 radical (unpaired) electrons. The van der Waals surface area contributed by atoms with Gasteiger partial charge in [0.25, 0.3) is 0 Å². The van der Waals surface area contributed by atoms with Crippen LogP contribution in [0, 0.1) is 0 Å². The fourth-order valence-corrected chi connectivity index (χ4v) is 5.58. The zero-order chi connectivity index (χ0) is 20.5. The SMILES string of the molecule is CC(C)c1cc(C(C)C)c(P(C)c2ccc(C(F)(F)F)cc2)c(C(C)C)c1. The van der Waals surface area contributed by atoms with Crippen LogP contribution in [0.1, 0.15) is 81.5 Å². The van der Waals surface area contributed by atoms with Crippen LogP contribution in [-0.2, 0) is 6.18 Å². The summed E-state index contributed by atoms with van der Waals surface area (Å²) in [6.07, 6.45) is -4.29. The van der Waals surface area contributed by atoms with E-state index < -0.39 is 19.7 Å². The molecule has 0 saturated carbocycles. The van der Waals surface area contributed by atoms with Crippen LogP contribution in [0.2, 0.25) is 0 Å². The molecule has 1 atom stereocenters. The second-order valence-corrected chi connectivity index (χ2v) is 10.2. The molecule has 0 N–H and O–H groups in total. The molecular weight excluding hydrogens is 364 g/mol. The Morgan fingerprint density at radius 2 is 1.19 bits per heavy atom. The second kappa shape index (κ2) is 8.35. The molecule has 4 heteroatoms. The largest absolute Gasteiger partial charge is 0.416 e. The van der Waals surface area contributed by atoms with Crippen molar-refractivity contribution in [2.45, 2.75) is 65.5 Å². The number of hydrogen-bond donors (Lipinski definition) is 0. The lowest BCUT2D eigenvalue weighted by Crippen LogP contribution is -2.22. The molecule has 2 aromatic carbocycles. The third-order valence-corrected chi connectivity index (χ3v) is 7.28. The molecule has 0 saturated heterocycles. The number of benzene rings is 2. The van der Waals surface area contributed by atoms with Crippen molar-refractivity contribution in [2.24, 2.45) is 0 Å².